The van der Waals surface area contributed by atoms with E-state index >= 15 is 0 Å². The molecule has 0 aromatic carbocycles. The fraction of sp³-hybridized carbons (Fsp3) is 0.300. The zero-order valence-electron chi connectivity index (χ0n) is 9.52. The highest BCUT2D eigenvalue weighted by Gasteiger charge is 2.03. The lowest BCUT2D eigenvalue weighted by molar-refractivity contribution is 0.0696. The molecule has 2 heterocycles. The minimum atomic E-state index is -1.03. The summed E-state index contributed by atoms with van der Waals surface area (Å²) in [7, 11) is 0. The number of nitrogens with zero attached hydrogens (tertiary/aromatic N) is 5. The first-order valence-electron chi connectivity index (χ1n) is 5.37. The molecule has 94 valence electrons. The highest BCUT2D eigenvalue weighted by molar-refractivity contribution is 5.86. The SMILES string of the molecule is O=C(O)c1cnc(NCCCn2cncn2)nc1. The Morgan fingerprint density at radius 3 is 2.78 bits per heavy atom. The van der Waals surface area contributed by atoms with E-state index in [1.165, 1.54) is 18.7 Å². The van der Waals surface area contributed by atoms with Gasteiger partial charge in [-0.05, 0) is 6.42 Å². The Bertz CT molecular complexity index is 496. The Morgan fingerprint density at radius 2 is 2.17 bits per heavy atom. The zero-order valence-corrected chi connectivity index (χ0v) is 9.52. The number of carboxylic acid groups (broad SMARTS) is 1. The number of hydrogen-bond donors (Lipinski definition) is 2. The van der Waals surface area contributed by atoms with Crippen LogP contribution in [0.15, 0.2) is 25.0 Å². The van der Waals surface area contributed by atoms with Crippen molar-refractivity contribution in [3.63, 3.8) is 0 Å². The highest BCUT2D eigenvalue weighted by atomic mass is 16.4. The molecule has 0 spiro atoms. The fourth-order valence-electron chi connectivity index (χ4n) is 1.32. The van der Waals surface area contributed by atoms with E-state index in [2.05, 4.69) is 25.4 Å². The number of aryl methyl sites for hydroxylation is 1. The Labute approximate surface area is 103 Å². The van der Waals surface area contributed by atoms with Crippen molar-refractivity contribution in [1.82, 2.24) is 24.7 Å². The number of aromatic nitrogens is 5. The fourth-order valence-corrected chi connectivity index (χ4v) is 1.32. The number of carbonyl (C=O) groups is 1. The molecule has 0 bridgehead atoms. The molecule has 8 nitrogen and oxygen atoms in total. The van der Waals surface area contributed by atoms with E-state index in [4.69, 9.17) is 5.11 Å². The molecule has 18 heavy (non-hydrogen) atoms. The van der Waals surface area contributed by atoms with Crippen molar-refractivity contribution < 1.29 is 9.90 Å². The van der Waals surface area contributed by atoms with Gasteiger partial charge in [-0.15, -0.1) is 0 Å². The lowest BCUT2D eigenvalue weighted by atomic mass is 10.3. The van der Waals surface area contributed by atoms with Crippen LogP contribution in [0.3, 0.4) is 0 Å². The first kappa shape index (κ1) is 12.0. The Morgan fingerprint density at radius 1 is 1.39 bits per heavy atom. The number of anilines is 1. The average Bonchev–Trinajstić information content (AvgIpc) is 2.88. The van der Waals surface area contributed by atoms with Crippen molar-refractivity contribution in [2.24, 2.45) is 0 Å². The van der Waals surface area contributed by atoms with Crippen molar-refractivity contribution in [1.29, 1.82) is 0 Å². The largest absolute Gasteiger partial charge is 0.478 e. The van der Waals surface area contributed by atoms with Crippen LogP contribution in [-0.2, 0) is 6.54 Å². The molecule has 2 N–H and O–H groups in total. The van der Waals surface area contributed by atoms with E-state index in [1.54, 1.807) is 11.0 Å². The summed E-state index contributed by atoms with van der Waals surface area (Å²) in [6.45, 7) is 1.42. The number of rotatable bonds is 6. The van der Waals surface area contributed by atoms with Crippen LogP contribution >= 0.6 is 0 Å². The van der Waals surface area contributed by atoms with Crippen molar-refractivity contribution in [2.45, 2.75) is 13.0 Å². The van der Waals surface area contributed by atoms with E-state index in [0.29, 0.717) is 12.5 Å². The quantitative estimate of drug-likeness (QED) is 0.706. The summed E-state index contributed by atoms with van der Waals surface area (Å²) in [6.07, 6.45) is 6.52. The van der Waals surface area contributed by atoms with E-state index in [9.17, 15) is 4.79 Å². The highest BCUT2D eigenvalue weighted by Crippen LogP contribution is 2.00. The van der Waals surface area contributed by atoms with Gasteiger partial charge in [-0.2, -0.15) is 5.10 Å². The first-order valence-corrected chi connectivity index (χ1v) is 5.37. The van der Waals surface area contributed by atoms with Gasteiger partial charge in [-0.3, -0.25) is 4.68 Å². The van der Waals surface area contributed by atoms with Crippen LogP contribution < -0.4 is 5.32 Å². The molecular formula is C10H12N6O2. The predicted octanol–water partition coefficient (Wildman–Crippen LogP) is 0.268. The molecule has 0 aliphatic carbocycles. The number of carboxylic acids is 1. The van der Waals surface area contributed by atoms with Gasteiger partial charge in [0.1, 0.15) is 12.7 Å². The molecule has 0 unspecified atom stereocenters. The van der Waals surface area contributed by atoms with Crippen LogP contribution in [0.4, 0.5) is 5.95 Å². The lowest BCUT2D eigenvalue weighted by Gasteiger charge is -2.04. The molecule has 0 fully saturated rings. The summed E-state index contributed by atoms with van der Waals surface area (Å²) >= 11 is 0. The lowest BCUT2D eigenvalue weighted by Crippen LogP contribution is -2.10. The summed E-state index contributed by atoms with van der Waals surface area (Å²) < 4.78 is 1.73. The summed E-state index contributed by atoms with van der Waals surface area (Å²) in [4.78, 5) is 22.2. The maximum atomic E-state index is 10.6. The van der Waals surface area contributed by atoms with Crippen LogP contribution in [0.5, 0.6) is 0 Å². The third-order valence-electron chi connectivity index (χ3n) is 2.21. The van der Waals surface area contributed by atoms with Crippen molar-refractivity contribution in [2.75, 3.05) is 11.9 Å². The topological polar surface area (TPSA) is 106 Å². The smallest absolute Gasteiger partial charge is 0.338 e. The standard InChI is InChI=1S/C10H12N6O2/c17-9(18)8-4-13-10(14-5-8)12-2-1-3-16-7-11-6-15-16/h4-7H,1-3H2,(H,17,18)(H,12,13,14). The normalized spacial score (nSPS) is 10.2. The summed E-state index contributed by atoms with van der Waals surface area (Å²) in [5.41, 5.74) is 0.0724. The predicted molar refractivity (Wildman–Crippen MR) is 62.1 cm³/mol. The minimum absolute atomic E-state index is 0.0724. The molecule has 0 saturated carbocycles. The minimum Gasteiger partial charge on any atom is -0.478 e. The second kappa shape index (κ2) is 5.71. The van der Waals surface area contributed by atoms with Gasteiger partial charge in [0.15, 0.2) is 0 Å². The van der Waals surface area contributed by atoms with Crippen LogP contribution in [-0.4, -0.2) is 42.4 Å². The van der Waals surface area contributed by atoms with E-state index in [1.807, 2.05) is 0 Å². The molecular weight excluding hydrogens is 236 g/mol. The number of nitrogens with one attached hydrogen (secondary N) is 1. The van der Waals surface area contributed by atoms with Crippen molar-refractivity contribution in [3.8, 4) is 0 Å². The maximum absolute atomic E-state index is 10.6. The monoisotopic (exact) mass is 248 g/mol. The van der Waals surface area contributed by atoms with Gasteiger partial charge in [0.05, 0.1) is 5.56 Å². The molecule has 2 rings (SSSR count). The zero-order chi connectivity index (χ0) is 12.8. The van der Waals surface area contributed by atoms with Crippen LogP contribution in [0.25, 0.3) is 0 Å². The van der Waals surface area contributed by atoms with Gasteiger partial charge >= 0.3 is 5.97 Å². The van der Waals surface area contributed by atoms with Crippen LogP contribution in [0.2, 0.25) is 0 Å². The van der Waals surface area contributed by atoms with E-state index < -0.39 is 5.97 Å². The molecule has 0 atom stereocenters. The Kier molecular flexibility index (Phi) is 3.79. The molecule has 0 radical (unpaired) electrons. The third kappa shape index (κ3) is 3.24. The number of hydrogen-bond acceptors (Lipinski definition) is 6. The Balaban J connectivity index is 1.75. The van der Waals surface area contributed by atoms with Crippen molar-refractivity contribution >= 4 is 11.9 Å². The first-order chi connectivity index (χ1) is 8.75. The van der Waals surface area contributed by atoms with Gasteiger partial charge < -0.3 is 10.4 Å². The summed E-state index contributed by atoms with van der Waals surface area (Å²) in [5.74, 6) is -0.619. The maximum Gasteiger partial charge on any atom is 0.338 e. The molecule has 8 heteroatoms. The molecule has 2 aromatic rings. The molecule has 0 amide bonds. The van der Waals surface area contributed by atoms with Crippen molar-refractivity contribution in [3.05, 3.63) is 30.6 Å². The number of aromatic carboxylic acids is 1. The van der Waals surface area contributed by atoms with Crippen LogP contribution in [0, 0.1) is 0 Å². The van der Waals surface area contributed by atoms with E-state index in [0.717, 1.165) is 13.0 Å². The summed E-state index contributed by atoms with van der Waals surface area (Å²) in [6, 6.07) is 0. The van der Waals surface area contributed by atoms with Crippen LogP contribution in [0.1, 0.15) is 16.8 Å². The van der Waals surface area contributed by atoms with Gasteiger partial charge in [-0.1, -0.05) is 0 Å². The van der Waals surface area contributed by atoms with Gasteiger partial charge in [0.25, 0.3) is 0 Å². The van der Waals surface area contributed by atoms with E-state index in [-0.39, 0.29) is 5.56 Å². The molecule has 2 aromatic heterocycles. The van der Waals surface area contributed by atoms with Gasteiger partial charge in [-0.25, -0.2) is 19.7 Å². The summed E-state index contributed by atoms with van der Waals surface area (Å²) in [5, 5.41) is 15.6. The second-order valence-electron chi connectivity index (χ2n) is 3.54. The molecule has 0 aliphatic heterocycles. The van der Waals surface area contributed by atoms with Gasteiger partial charge in [0, 0.05) is 25.5 Å². The average molecular weight is 248 g/mol. The molecule has 0 saturated heterocycles. The van der Waals surface area contributed by atoms with Gasteiger partial charge in [0.2, 0.25) is 5.95 Å². The third-order valence-corrected chi connectivity index (χ3v) is 2.21. The Hall–Kier alpha value is -2.51. The molecule has 0 aliphatic rings. The second-order valence-corrected chi connectivity index (χ2v) is 3.54.